The van der Waals surface area contributed by atoms with Crippen molar-refractivity contribution in [3.05, 3.63) is 33.4 Å². The standard InChI is InChI=1S/C12H12N4O4/c1-20-6-8-7-4-15-5-11(17)14-12(15)13-9(7)2-3-10(8)16(18)19/h2-3H,4-6H2,1H3,(H,13,14,17). The van der Waals surface area contributed by atoms with Crippen LogP contribution in [0.1, 0.15) is 11.1 Å². The second kappa shape index (κ2) is 4.57. The molecule has 0 unspecified atom stereocenters. The van der Waals surface area contributed by atoms with Gasteiger partial charge in [0, 0.05) is 25.3 Å². The molecular weight excluding hydrogens is 264 g/mol. The van der Waals surface area contributed by atoms with Crippen molar-refractivity contribution in [1.82, 2.24) is 10.2 Å². The number of benzene rings is 1. The highest BCUT2D eigenvalue weighted by Gasteiger charge is 2.32. The van der Waals surface area contributed by atoms with Crippen LogP contribution in [0.15, 0.2) is 17.1 Å². The molecule has 0 spiro atoms. The van der Waals surface area contributed by atoms with Crippen LogP contribution in [0.4, 0.5) is 11.4 Å². The topological polar surface area (TPSA) is 97.1 Å². The van der Waals surface area contributed by atoms with Crippen molar-refractivity contribution in [2.75, 3.05) is 13.7 Å². The van der Waals surface area contributed by atoms with Crippen LogP contribution >= 0.6 is 0 Å². The predicted molar refractivity (Wildman–Crippen MR) is 69.5 cm³/mol. The van der Waals surface area contributed by atoms with Crippen molar-refractivity contribution in [3.8, 4) is 0 Å². The first-order valence-electron chi connectivity index (χ1n) is 6.01. The molecule has 1 saturated heterocycles. The third-order valence-electron chi connectivity index (χ3n) is 3.33. The van der Waals surface area contributed by atoms with Crippen molar-refractivity contribution < 1.29 is 14.5 Å². The molecule has 8 heteroatoms. The maximum absolute atomic E-state index is 11.4. The molecule has 0 saturated carbocycles. The lowest BCUT2D eigenvalue weighted by atomic mass is 10.0. The number of nitrogens with zero attached hydrogens (tertiary/aromatic N) is 3. The molecule has 1 fully saturated rings. The fourth-order valence-electron chi connectivity index (χ4n) is 2.45. The lowest BCUT2D eigenvalue weighted by Crippen LogP contribution is -2.32. The van der Waals surface area contributed by atoms with Crippen molar-refractivity contribution in [2.24, 2.45) is 4.99 Å². The second-order valence-corrected chi connectivity index (χ2v) is 4.59. The van der Waals surface area contributed by atoms with E-state index < -0.39 is 4.92 Å². The number of carbonyl (C=O) groups is 1. The number of methoxy groups -OCH3 is 1. The van der Waals surface area contributed by atoms with Gasteiger partial charge in [-0.25, -0.2) is 4.99 Å². The fraction of sp³-hybridized carbons (Fsp3) is 0.333. The lowest BCUT2D eigenvalue weighted by Gasteiger charge is -2.24. The van der Waals surface area contributed by atoms with Crippen LogP contribution < -0.4 is 5.32 Å². The number of aliphatic imine (C=N–C) groups is 1. The maximum Gasteiger partial charge on any atom is 0.275 e. The molecule has 8 nitrogen and oxygen atoms in total. The largest absolute Gasteiger partial charge is 0.380 e. The van der Waals surface area contributed by atoms with Crippen LogP contribution in [0.3, 0.4) is 0 Å². The molecule has 3 rings (SSSR count). The summed E-state index contributed by atoms with van der Waals surface area (Å²) in [6, 6.07) is 3.02. The molecule has 0 bridgehead atoms. The van der Waals surface area contributed by atoms with E-state index in [0.717, 1.165) is 5.56 Å². The van der Waals surface area contributed by atoms with Gasteiger partial charge < -0.3 is 9.64 Å². The molecule has 1 aromatic carbocycles. The minimum absolute atomic E-state index is 0.0164. The van der Waals surface area contributed by atoms with Gasteiger partial charge in [-0.05, 0) is 6.07 Å². The Kier molecular flexibility index (Phi) is 2.87. The molecule has 0 radical (unpaired) electrons. The molecule has 0 atom stereocenters. The number of hydrogen-bond donors (Lipinski definition) is 1. The van der Waals surface area contributed by atoms with Gasteiger partial charge in [0.15, 0.2) is 0 Å². The smallest absolute Gasteiger partial charge is 0.275 e. The highest BCUT2D eigenvalue weighted by molar-refractivity contribution is 6.05. The van der Waals surface area contributed by atoms with Crippen LogP contribution in [-0.2, 0) is 22.7 Å². The third kappa shape index (κ3) is 1.90. The summed E-state index contributed by atoms with van der Waals surface area (Å²) in [5.74, 6) is 0.374. The van der Waals surface area contributed by atoms with E-state index in [4.69, 9.17) is 4.74 Å². The van der Waals surface area contributed by atoms with E-state index in [2.05, 4.69) is 10.3 Å². The quantitative estimate of drug-likeness (QED) is 0.646. The van der Waals surface area contributed by atoms with Gasteiger partial charge in [-0.1, -0.05) is 0 Å². The number of nitrogens with one attached hydrogen (secondary N) is 1. The Bertz CT molecular complexity index is 641. The Labute approximate surface area is 114 Å². The molecule has 1 amide bonds. The summed E-state index contributed by atoms with van der Waals surface area (Å²) in [6.07, 6.45) is 0. The molecule has 104 valence electrons. The van der Waals surface area contributed by atoms with E-state index >= 15 is 0 Å². The Morgan fingerprint density at radius 3 is 3.00 bits per heavy atom. The first-order valence-corrected chi connectivity index (χ1v) is 6.01. The molecule has 2 heterocycles. The summed E-state index contributed by atoms with van der Waals surface area (Å²) in [7, 11) is 1.49. The molecule has 0 aliphatic carbocycles. The molecule has 2 aliphatic rings. The molecule has 20 heavy (non-hydrogen) atoms. The summed E-state index contributed by atoms with van der Waals surface area (Å²) < 4.78 is 5.06. The number of nitro groups is 1. The average molecular weight is 276 g/mol. The summed E-state index contributed by atoms with van der Waals surface area (Å²) in [4.78, 5) is 28.1. The van der Waals surface area contributed by atoms with Crippen LogP contribution in [0.2, 0.25) is 0 Å². The molecule has 1 N–H and O–H groups in total. The highest BCUT2D eigenvalue weighted by Crippen LogP contribution is 2.35. The van der Waals surface area contributed by atoms with Crippen molar-refractivity contribution >= 4 is 23.2 Å². The van der Waals surface area contributed by atoms with Gasteiger partial charge in [-0.3, -0.25) is 20.2 Å². The van der Waals surface area contributed by atoms with Crippen molar-refractivity contribution in [2.45, 2.75) is 13.2 Å². The zero-order chi connectivity index (χ0) is 14.3. The minimum atomic E-state index is -0.429. The number of fused-ring (bicyclic) bond motifs is 2. The first-order chi connectivity index (χ1) is 9.60. The van der Waals surface area contributed by atoms with Gasteiger partial charge in [0.05, 0.1) is 22.8 Å². The minimum Gasteiger partial charge on any atom is -0.380 e. The first kappa shape index (κ1) is 12.5. The van der Waals surface area contributed by atoms with Gasteiger partial charge in [-0.2, -0.15) is 0 Å². The highest BCUT2D eigenvalue weighted by atomic mass is 16.6. The average Bonchev–Trinajstić information content (AvgIpc) is 2.75. The van der Waals surface area contributed by atoms with E-state index in [1.54, 1.807) is 11.0 Å². The van der Waals surface area contributed by atoms with Crippen LogP contribution in [0.5, 0.6) is 0 Å². The lowest BCUT2D eigenvalue weighted by molar-refractivity contribution is -0.386. The van der Waals surface area contributed by atoms with E-state index in [0.29, 0.717) is 23.8 Å². The Morgan fingerprint density at radius 1 is 1.50 bits per heavy atom. The molecule has 0 aromatic heterocycles. The van der Waals surface area contributed by atoms with Crippen LogP contribution in [0.25, 0.3) is 0 Å². The van der Waals surface area contributed by atoms with Gasteiger partial charge in [0.25, 0.3) is 5.69 Å². The number of nitro benzene ring substituents is 1. The third-order valence-corrected chi connectivity index (χ3v) is 3.33. The maximum atomic E-state index is 11.4. The number of hydrogen-bond acceptors (Lipinski definition) is 6. The number of carbonyl (C=O) groups excluding carboxylic acids is 1. The van der Waals surface area contributed by atoms with Gasteiger partial charge in [0.1, 0.15) is 6.54 Å². The predicted octanol–water partition coefficient (Wildman–Crippen LogP) is 0.674. The van der Waals surface area contributed by atoms with Crippen LogP contribution in [0, 0.1) is 10.1 Å². The fourth-order valence-corrected chi connectivity index (χ4v) is 2.45. The summed E-state index contributed by atoms with van der Waals surface area (Å²) >= 11 is 0. The Hall–Kier alpha value is -2.48. The SMILES string of the molecule is COCc1c([N+](=O)[O-])ccc2c1CN1CC(=O)NC1=N2. The number of rotatable bonds is 3. The zero-order valence-corrected chi connectivity index (χ0v) is 10.8. The Morgan fingerprint density at radius 2 is 2.30 bits per heavy atom. The van der Waals surface area contributed by atoms with E-state index in [1.807, 2.05) is 0 Å². The van der Waals surface area contributed by atoms with Crippen LogP contribution in [-0.4, -0.2) is 35.3 Å². The van der Waals surface area contributed by atoms with E-state index in [-0.39, 0.29) is 24.7 Å². The van der Waals surface area contributed by atoms with Crippen molar-refractivity contribution in [1.29, 1.82) is 0 Å². The number of guanidine groups is 1. The zero-order valence-electron chi connectivity index (χ0n) is 10.8. The number of amides is 1. The summed E-state index contributed by atoms with van der Waals surface area (Å²) in [5.41, 5.74) is 1.90. The van der Waals surface area contributed by atoms with E-state index in [1.165, 1.54) is 13.2 Å². The van der Waals surface area contributed by atoms with Gasteiger partial charge in [0.2, 0.25) is 11.9 Å². The summed E-state index contributed by atoms with van der Waals surface area (Å²) in [6.45, 7) is 0.764. The van der Waals surface area contributed by atoms with Gasteiger partial charge in [-0.15, -0.1) is 0 Å². The normalized spacial score (nSPS) is 16.4. The summed E-state index contributed by atoms with van der Waals surface area (Å²) in [5, 5.41) is 13.8. The Balaban J connectivity index is 2.10. The molecular formula is C12H12N4O4. The monoisotopic (exact) mass is 276 g/mol. The number of ether oxygens (including phenoxy) is 1. The second-order valence-electron chi connectivity index (χ2n) is 4.59. The van der Waals surface area contributed by atoms with Crippen molar-refractivity contribution in [3.63, 3.8) is 0 Å². The molecule has 1 aromatic rings. The van der Waals surface area contributed by atoms with Gasteiger partial charge >= 0.3 is 0 Å². The van der Waals surface area contributed by atoms with E-state index in [9.17, 15) is 14.9 Å². The molecule has 2 aliphatic heterocycles.